The fraction of sp³-hybridized carbons (Fsp3) is 0.857. The van der Waals surface area contributed by atoms with Crippen LogP contribution in [0.25, 0.3) is 0 Å². The summed E-state index contributed by atoms with van der Waals surface area (Å²) in [5, 5.41) is 8.25. The van der Waals surface area contributed by atoms with Crippen molar-refractivity contribution in [3.63, 3.8) is 0 Å². The summed E-state index contributed by atoms with van der Waals surface area (Å²) in [6.45, 7) is 1.43. The lowest BCUT2D eigenvalue weighted by molar-refractivity contribution is 0.192. The number of unbranched alkanes of at least 4 members (excludes halogenated alkanes) is 2. The van der Waals surface area contributed by atoms with E-state index in [0.29, 0.717) is 6.54 Å². The summed E-state index contributed by atoms with van der Waals surface area (Å²) in [4.78, 5) is 3.83. The summed E-state index contributed by atoms with van der Waals surface area (Å²) in [6, 6.07) is 0. The largest absolute Gasteiger partial charge is 0.385 e. The Labute approximate surface area is 72.6 Å². The SMILES string of the molecule is COCCCCCN=C(N)NO. The third-order valence-corrected chi connectivity index (χ3v) is 1.40. The number of nitrogens with two attached hydrogens (primary N) is 1. The Hall–Kier alpha value is -0.810. The average Bonchev–Trinajstić information content (AvgIpc) is 2.10. The van der Waals surface area contributed by atoms with Crippen LogP contribution in [0, 0.1) is 0 Å². The molecule has 0 radical (unpaired) electrons. The molecule has 0 saturated heterocycles. The first kappa shape index (κ1) is 11.2. The van der Waals surface area contributed by atoms with E-state index >= 15 is 0 Å². The first-order valence-corrected chi connectivity index (χ1v) is 4.00. The standard InChI is InChI=1S/C7H17N3O2/c1-12-6-4-2-3-5-9-7(8)10-11/h11H,2-6H2,1H3,(H3,8,9,10). The number of aliphatic imine (C=N–C) groups is 1. The lowest BCUT2D eigenvalue weighted by Crippen LogP contribution is -2.28. The minimum Gasteiger partial charge on any atom is -0.385 e. The minimum atomic E-state index is 0.0711. The van der Waals surface area contributed by atoms with E-state index in [1.165, 1.54) is 0 Å². The highest BCUT2D eigenvalue weighted by atomic mass is 16.5. The van der Waals surface area contributed by atoms with Crippen LogP contribution in [-0.2, 0) is 4.74 Å². The van der Waals surface area contributed by atoms with Gasteiger partial charge in [-0.25, -0.2) is 5.48 Å². The van der Waals surface area contributed by atoms with Gasteiger partial charge in [-0.2, -0.15) is 0 Å². The van der Waals surface area contributed by atoms with Crippen molar-refractivity contribution in [2.24, 2.45) is 10.7 Å². The van der Waals surface area contributed by atoms with E-state index in [2.05, 4.69) is 4.99 Å². The normalized spacial score (nSPS) is 11.7. The molecule has 0 aliphatic heterocycles. The van der Waals surface area contributed by atoms with Crippen LogP contribution in [0.15, 0.2) is 4.99 Å². The third kappa shape index (κ3) is 7.30. The van der Waals surface area contributed by atoms with Gasteiger partial charge in [0.1, 0.15) is 0 Å². The molecule has 5 heteroatoms. The van der Waals surface area contributed by atoms with Gasteiger partial charge in [-0.15, -0.1) is 0 Å². The molecule has 0 rings (SSSR count). The zero-order valence-corrected chi connectivity index (χ0v) is 7.42. The predicted molar refractivity (Wildman–Crippen MR) is 47.1 cm³/mol. The molecule has 0 aliphatic carbocycles. The van der Waals surface area contributed by atoms with Crippen LogP contribution in [0.1, 0.15) is 19.3 Å². The molecule has 0 spiro atoms. The van der Waals surface area contributed by atoms with E-state index in [-0.39, 0.29) is 5.96 Å². The van der Waals surface area contributed by atoms with Crippen molar-refractivity contribution >= 4 is 5.96 Å². The number of hydroxylamine groups is 1. The van der Waals surface area contributed by atoms with Gasteiger partial charge in [0.2, 0.25) is 5.96 Å². The Morgan fingerprint density at radius 3 is 2.83 bits per heavy atom. The molecule has 5 nitrogen and oxygen atoms in total. The fourth-order valence-corrected chi connectivity index (χ4v) is 0.770. The number of guanidine groups is 1. The summed E-state index contributed by atoms with van der Waals surface area (Å²) in [6.07, 6.45) is 3.07. The first-order chi connectivity index (χ1) is 5.81. The second kappa shape index (κ2) is 8.29. The van der Waals surface area contributed by atoms with Crippen molar-refractivity contribution in [1.82, 2.24) is 5.48 Å². The van der Waals surface area contributed by atoms with Crippen molar-refractivity contribution in [2.75, 3.05) is 20.3 Å². The summed E-state index contributed by atoms with van der Waals surface area (Å²) < 4.78 is 4.88. The molecule has 0 aliphatic rings. The molecule has 0 bridgehead atoms. The van der Waals surface area contributed by atoms with E-state index in [1.54, 1.807) is 12.6 Å². The Morgan fingerprint density at radius 1 is 1.50 bits per heavy atom. The van der Waals surface area contributed by atoms with E-state index in [0.717, 1.165) is 25.9 Å². The number of ether oxygens (including phenoxy) is 1. The number of hydrogen-bond donors (Lipinski definition) is 3. The molecule has 0 aromatic rings. The highest BCUT2D eigenvalue weighted by molar-refractivity contribution is 5.76. The maximum atomic E-state index is 8.25. The highest BCUT2D eigenvalue weighted by Gasteiger charge is 1.88. The number of methoxy groups -OCH3 is 1. The van der Waals surface area contributed by atoms with Crippen molar-refractivity contribution in [3.8, 4) is 0 Å². The van der Waals surface area contributed by atoms with E-state index in [1.807, 2.05) is 0 Å². The second-order valence-corrected chi connectivity index (χ2v) is 2.43. The summed E-state index contributed by atoms with van der Waals surface area (Å²) in [7, 11) is 1.69. The first-order valence-electron chi connectivity index (χ1n) is 4.00. The highest BCUT2D eigenvalue weighted by Crippen LogP contribution is 1.95. The van der Waals surface area contributed by atoms with Crippen molar-refractivity contribution in [1.29, 1.82) is 0 Å². The lowest BCUT2D eigenvalue weighted by Gasteiger charge is -1.98. The minimum absolute atomic E-state index is 0.0711. The molecule has 4 N–H and O–H groups in total. The van der Waals surface area contributed by atoms with Crippen LogP contribution in [-0.4, -0.2) is 31.4 Å². The van der Waals surface area contributed by atoms with Crippen molar-refractivity contribution < 1.29 is 9.94 Å². The van der Waals surface area contributed by atoms with E-state index < -0.39 is 0 Å². The number of hydrogen-bond acceptors (Lipinski definition) is 3. The molecule has 0 aromatic heterocycles. The van der Waals surface area contributed by atoms with Crippen LogP contribution in [0.2, 0.25) is 0 Å². The molecule has 0 amide bonds. The Kier molecular flexibility index (Phi) is 7.73. The molecule has 0 aromatic carbocycles. The third-order valence-electron chi connectivity index (χ3n) is 1.40. The molecular weight excluding hydrogens is 158 g/mol. The van der Waals surface area contributed by atoms with Crippen LogP contribution in [0.5, 0.6) is 0 Å². The van der Waals surface area contributed by atoms with Crippen molar-refractivity contribution in [2.45, 2.75) is 19.3 Å². The lowest BCUT2D eigenvalue weighted by atomic mass is 10.2. The zero-order valence-electron chi connectivity index (χ0n) is 7.42. The molecule has 12 heavy (non-hydrogen) atoms. The molecule has 0 heterocycles. The maximum absolute atomic E-state index is 8.25. The Morgan fingerprint density at radius 2 is 2.25 bits per heavy atom. The van der Waals surface area contributed by atoms with Gasteiger partial charge in [0.25, 0.3) is 0 Å². The molecule has 0 fully saturated rings. The number of rotatable bonds is 6. The van der Waals surface area contributed by atoms with Gasteiger partial charge in [0.15, 0.2) is 0 Å². The van der Waals surface area contributed by atoms with Gasteiger partial charge in [-0.1, -0.05) is 0 Å². The monoisotopic (exact) mass is 175 g/mol. The Balaban J connectivity index is 3.10. The van der Waals surface area contributed by atoms with Crippen LogP contribution in [0.3, 0.4) is 0 Å². The molecule has 0 atom stereocenters. The molecule has 72 valence electrons. The molecule has 0 saturated carbocycles. The molecular formula is C7H17N3O2. The van der Waals surface area contributed by atoms with Gasteiger partial charge in [-0.05, 0) is 19.3 Å². The van der Waals surface area contributed by atoms with Gasteiger partial charge in [0, 0.05) is 20.3 Å². The van der Waals surface area contributed by atoms with Crippen LogP contribution in [0.4, 0.5) is 0 Å². The zero-order chi connectivity index (χ0) is 9.23. The van der Waals surface area contributed by atoms with E-state index in [4.69, 9.17) is 15.7 Å². The smallest absolute Gasteiger partial charge is 0.212 e. The molecule has 0 unspecified atom stereocenters. The van der Waals surface area contributed by atoms with Gasteiger partial charge in [-0.3, -0.25) is 10.2 Å². The topological polar surface area (TPSA) is 79.9 Å². The number of nitrogens with one attached hydrogen (secondary N) is 1. The quantitative estimate of drug-likeness (QED) is 0.231. The average molecular weight is 175 g/mol. The van der Waals surface area contributed by atoms with Gasteiger partial charge in [0.05, 0.1) is 0 Å². The Bertz CT molecular complexity index is 128. The summed E-state index contributed by atoms with van der Waals surface area (Å²) in [5.41, 5.74) is 6.95. The van der Waals surface area contributed by atoms with Crippen LogP contribution >= 0.6 is 0 Å². The predicted octanol–water partition coefficient (Wildman–Crippen LogP) is 0.0966. The number of nitrogens with zero attached hydrogens (tertiary/aromatic N) is 1. The summed E-state index contributed by atoms with van der Waals surface area (Å²) >= 11 is 0. The van der Waals surface area contributed by atoms with Crippen molar-refractivity contribution in [3.05, 3.63) is 0 Å². The second-order valence-electron chi connectivity index (χ2n) is 2.43. The maximum Gasteiger partial charge on any atom is 0.212 e. The van der Waals surface area contributed by atoms with Crippen LogP contribution < -0.4 is 11.2 Å². The van der Waals surface area contributed by atoms with Gasteiger partial charge >= 0.3 is 0 Å². The van der Waals surface area contributed by atoms with Gasteiger partial charge < -0.3 is 10.5 Å². The van der Waals surface area contributed by atoms with E-state index in [9.17, 15) is 0 Å². The fourth-order valence-electron chi connectivity index (χ4n) is 0.770. The summed E-state index contributed by atoms with van der Waals surface area (Å²) in [5.74, 6) is 0.0711.